The summed E-state index contributed by atoms with van der Waals surface area (Å²) in [5.74, 6) is 0.105. The fraction of sp³-hybridized carbons (Fsp3) is 0.667. The number of halogens is 2. The van der Waals surface area contributed by atoms with Crippen LogP contribution in [-0.2, 0) is 11.2 Å². The molecule has 2 bridgehead atoms. The van der Waals surface area contributed by atoms with Gasteiger partial charge in [-0.15, -0.1) is 0 Å². The number of fused-ring (bicyclic) bond motifs is 3. The highest BCUT2D eigenvalue weighted by Crippen LogP contribution is 2.44. The molecule has 190 valence electrons. The van der Waals surface area contributed by atoms with Gasteiger partial charge in [0.15, 0.2) is 0 Å². The molecular weight excluding hydrogens is 564 g/mol. The maximum absolute atomic E-state index is 13.0. The highest BCUT2D eigenvalue weighted by atomic mass is 79.9. The smallest absolute Gasteiger partial charge is 0.338 e. The van der Waals surface area contributed by atoms with E-state index < -0.39 is 23.3 Å². The molecule has 7 heteroatoms. The number of aliphatic hydroxyl groups is 2. The first-order valence-electron chi connectivity index (χ1n) is 12.1. The number of hydrogen-bond donors (Lipinski definition) is 3. The largest absolute Gasteiger partial charge is 0.508 e. The van der Waals surface area contributed by atoms with E-state index in [1.54, 1.807) is 39.0 Å². The molecule has 6 atom stereocenters. The molecule has 1 heterocycles. The van der Waals surface area contributed by atoms with Crippen LogP contribution in [0.15, 0.2) is 29.3 Å². The Balaban J connectivity index is 2.08. The number of rotatable bonds is 0. The van der Waals surface area contributed by atoms with Crippen LogP contribution in [0.1, 0.15) is 82.6 Å². The fourth-order valence-corrected chi connectivity index (χ4v) is 7.14. The summed E-state index contributed by atoms with van der Waals surface area (Å²) in [4.78, 5) is 13.1. The molecule has 0 saturated carbocycles. The molecule has 0 radical (unpaired) electrons. The van der Waals surface area contributed by atoms with Crippen LogP contribution < -0.4 is 0 Å². The number of phenols is 1. The van der Waals surface area contributed by atoms with Gasteiger partial charge in [-0.05, 0) is 102 Å². The molecule has 3 rings (SSSR count). The maximum Gasteiger partial charge on any atom is 0.338 e. The number of cyclic esters (lactones) is 1. The Morgan fingerprint density at radius 1 is 1.15 bits per heavy atom. The van der Waals surface area contributed by atoms with Crippen LogP contribution >= 0.6 is 31.9 Å². The van der Waals surface area contributed by atoms with Crippen molar-refractivity contribution in [1.82, 2.24) is 0 Å². The van der Waals surface area contributed by atoms with Gasteiger partial charge in [0.1, 0.15) is 11.4 Å². The first kappa shape index (κ1) is 27.7. The Hall–Kier alpha value is -0.890. The molecule has 1 aliphatic carbocycles. The zero-order valence-electron chi connectivity index (χ0n) is 20.8. The first-order valence-corrected chi connectivity index (χ1v) is 14.0. The Morgan fingerprint density at radius 2 is 1.82 bits per heavy atom. The number of benzene rings is 1. The van der Waals surface area contributed by atoms with Crippen molar-refractivity contribution >= 4 is 37.8 Å². The molecule has 0 saturated heterocycles. The minimum atomic E-state index is -1.13. The van der Waals surface area contributed by atoms with Crippen LogP contribution in [0.4, 0.5) is 0 Å². The predicted octanol–water partition coefficient (Wildman–Crippen LogP) is 6.06. The quantitative estimate of drug-likeness (QED) is 0.191. The molecule has 1 unspecified atom stereocenters. The molecule has 34 heavy (non-hydrogen) atoms. The summed E-state index contributed by atoms with van der Waals surface area (Å²) >= 11 is 7.67. The third-order valence-electron chi connectivity index (χ3n) is 7.78. The highest BCUT2D eigenvalue weighted by molar-refractivity contribution is 9.09. The van der Waals surface area contributed by atoms with Crippen molar-refractivity contribution in [1.29, 1.82) is 0 Å². The van der Waals surface area contributed by atoms with E-state index in [1.165, 1.54) is 11.1 Å². The van der Waals surface area contributed by atoms with E-state index in [1.807, 2.05) is 0 Å². The molecular formula is C27H38Br2O5. The average molecular weight is 602 g/mol. The zero-order valence-corrected chi connectivity index (χ0v) is 23.9. The SMILES string of the molecule is CC1=C2Cc3cc(ccc3O)C(=O)OC(C)(C)[C@@H](O)CC[C@](C)(O)[C@H](Br)C[C@@H](C)C2[C@@H](Br)CC1. The molecule has 1 aromatic carbocycles. The zero-order chi connectivity index (χ0) is 25.4. The Bertz CT molecular complexity index is 939. The lowest BCUT2D eigenvalue weighted by Gasteiger charge is -2.40. The van der Waals surface area contributed by atoms with Crippen LogP contribution in [0, 0.1) is 11.8 Å². The standard InChI is InChI=1S/C27H38Br2O5/c1-15-6-8-20(28)24-16(2)12-22(29)27(5,33)11-10-23(31)26(3,4)34-25(32)17-7-9-21(30)18(13-17)14-19(15)24/h7,9,13,16,20,22-24,30-31,33H,6,8,10-12,14H2,1-5H3/t16-,20+,22-,23+,24?,27+/m1/s1. The number of phenolic OH excluding ortho intramolecular Hbond substituents is 1. The van der Waals surface area contributed by atoms with Crippen molar-refractivity contribution in [2.45, 2.75) is 100 Å². The van der Waals surface area contributed by atoms with Crippen molar-refractivity contribution in [3.8, 4) is 5.75 Å². The second kappa shape index (κ2) is 10.6. The van der Waals surface area contributed by atoms with Gasteiger partial charge in [-0.2, -0.15) is 0 Å². The number of aromatic hydroxyl groups is 1. The summed E-state index contributed by atoms with van der Waals surface area (Å²) in [6, 6.07) is 4.82. The lowest BCUT2D eigenvalue weighted by molar-refractivity contribution is -0.0790. The number of ether oxygens (including phenoxy) is 1. The lowest BCUT2D eigenvalue weighted by Crippen LogP contribution is -2.44. The van der Waals surface area contributed by atoms with Gasteiger partial charge in [-0.1, -0.05) is 49.9 Å². The van der Waals surface area contributed by atoms with Gasteiger partial charge < -0.3 is 20.1 Å². The average Bonchev–Trinajstić information content (AvgIpc) is 2.74. The topological polar surface area (TPSA) is 87.0 Å². The Labute approximate surface area is 220 Å². The van der Waals surface area contributed by atoms with Crippen molar-refractivity contribution in [2.75, 3.05) is 0 Å². The molecule has 0 spiro atoms. The molecule has 0 aromatic heterocycles. The van der Waals surface area contributed by atoms with E-state index in [-0.39, 0.29) is 22.4 Å². The van der Waals surface area contributed by atoms with Crippen LogP contribution in [0.2, 0.25) is 0 Å². The molecule has 3 N–H and O–H groups in total. The minimum Gasteiger partial charge on any atom is -0.508 e. The van der Waals surface area contributed by atoms with Crippen LogP contribution in [0.3, 0.4) is 0 Å². The highest BCUT2D eigenvalue weighted by Gasteiger charge is 2.40. The lowest BCUT2D eigenvalue weighted by atomic mass is 9.72. The van der Waals surface area contributed by atoms with Gasteiger partial charge in [-0.3, -0.25) is 0 Å². The van der Waals surface area contributed by atoms with Crippen LogP contribution in [0.5, 0.6) is 5.75 Å². The van der Waals surface area contributed by atoms with E-state index in [0.29, 0.717) is 35.2 Å². The second-order valence-electron chi connectivity index (χ2n) is 11.0. The van der Waals surface area contributed by atoms with Gasteiger partial charge >= 0.3 is 5.97 Å². The summed E-state index contributed by atoms with van der Waals surface area (Å²) in [6.07, 6.45) is 3.05. The summed E-state index contributed by atoms with van der Waals surface area (Å²) in [5, 5.41) is 32.7. The third kappa shape index (κ3) is 6.08. The van der Waals surface area contributed by atoms with E-state index >= 15 is 0 Å². The number of aliphatic hydroxyl groups excluding tert-OH is 1. The predicted molar refractivity (Wildman–Crippen MR) is 142 cm³/mol. The van der Waals surface area contributed by atoms with E-state index in [9.17, 15) is 20.1 Å². The minimum absolute atomic E-state index is 0.154. The number of carbonyl (C=O) groups is 1. The molecule has 1 aromatic rings. The molecule has 0 amide bonds. The van der Waals surface area contributed by atoms with Crippen LogP contribution in [-0.4, -0.2) is 48.2 Å². The Morgan fingerprint density at radius 3 is 2.50 bits per heavy atom. The number of allylic oxidation sites excluding steroid dienone is 2. The summed E-state index contributed by atoms with van der Waals surface area (Å²) in [6.45, 7) is 9.54. The van der Waals surface area contributed by atoms with Gasteiger partial charge in [0, 0.05) is 9.65 Å². The van der Waals surface area contributed by atoms with Gasteiger partial charge in [0.2, 0.25) is 0 Å². The number of carbonyl (C=O) groups excluding carboxylic acids is 1. The summed E-state index contributed by atoms with van der Waals surface area (Å²) in [5.41, 5.74) is 1.47. The van der Waals surface area contributed by atoms with Gasteiger partial charge in [0.25, 0.3) is 0 Å². The summed E-state index contributed by atoms with van der Waals surface area (Å²) in [7, 11) is 0. The van der Waals surface area contributed by atoms with Crippen molar-refractivity contribution in [2.24, 2.45) is 11.8 Å². The molecule has 2 aliphatic rings. The third-order valence-corrected chi connectivity index (χ3v) is 10.2. The Kier molecular flexibility index (Phi) is 8.65. The number of esters is 1. The molecule has 1 aliphatic heterocycles. The maximum atomic E-state index is 13.0. The summed E-state index contributed by atoms with van der Waals surface area (Å²) < 4.78 is 5.70. The number of hydrogen-bond acceptors (Lipinski definition) is 5. The van der Waals surface area contributed by atoms with Gasteiger partial charge in [-0.25, -0.2) is 4.79 Å². The fourth-order valence-electron chi connectivity index (χ4n) is 5.25. The van der Waals surface area contributed by atoms with Crippen molar-refractivity contribution in [3.63, 3.8) is 0 Å². The van der Waals surface area contributed by atoms with E-state index in [4.69, 9.17) is 4.74 Å². The van der Waals surface area contributed by atoms with Crippen LogP contribution in [0.25, 0.3) is 0 Å². The monoisotopic (exact) mass is 600 g/mol. The second-order valence-corrected chi connectivity index (χ2v) is 13.3. The normalized spacial score (nSPS) is 35.4. The van der Waals surface area contributed by atoms with Gasteiger partial charge in [0.05, 0.1) is 17.3 Å². The van der Waals surface area contributed by atoms with Crippen molar-refractivity contribution in [3.05, 3.63) is 40.5 Å². The molecule has 5 nitrogen and oxygen atoms in total. The number of alkyl halides is 2. The van der Waals surface area contributed by atoms with E-state index in [2.05, 4.69) is 45.7 Å². The molecule has 0 fully saturated rings. The van der Waals surface area contributed by atoms with E-state index in [0.717, 1.165) is 19.3 Å². The van der Waals surface area contributed by atoms with Crippen molar-refractivity contribution < 1.29 is 24.9 Å². The first-order chi connectivity index (χ1) is 15.7.